The third-order valence-electron chi connectivity index (χ3n) is 6.51. The molecule has 3 aromatic carbocycles. The highest BCUT2D eigenvalue weighted by Gasteiger charge is 2.45. The Morgan fingerprint density at radius 3 is 2.23 bits per heavy atom. The molecule has 7 nitrogen and oxygen atoms in total. The molecule has 3 aromatic rings. The maximum atomic E-state index is 13.9. The molecule has 0 saturated carbocycles. The number of alkyl halides is 3. The van der Waals surface area contributed by atoms with Crippen molar-refractivity contribution >= 4 is 23.3 Å². The highest BCUT2D eigenvalue weighted by molar-refractivity contribution is 5.99. The third-order valence-corrected chi connectivity index (χ3v) is 6.51. The van der Waals surface area contributed by atoms with Crippen molar-refractivity contribution in [2.24, 2.45) is 5.73 Å². The fraction of sp³-hybridized carbons (Fsp3) is 0.276. The molecular weight excluding hydrogens is 509 g/mol. The molecular formula is C29H29F3N4O3. The molecule has 0 unspecified atom stereocenters. The molecule has 4 rings (SSSR count). The van der Waals surface area contributed by atoms with E-state index in [-0.39, 0.29) is 30.5 Å². The van der Waals surface area contributed by atoms with Crippen LogP contribution in [0, 0.1) is 5.41 Å². The average molecular weight is 539 g/mol. The molecule has 1 aliphatic rings. The van der Waals surface area contributed by atoms with Crippen molar-refractivity contribution in [3.63, 3.8) is 0 Å². The minimum atomic E-state index is -5.15. The Morgan fingerprint density at radius 1 is 0.949 bits per heavy atom. The number of amidine groups is 1. The summed E-state index contributed by atoms with van der Waals surface area (Å²) in [5.41, 5.74) is 7.00. The number of anilines is 1. The van der Waals surface area contributed by atoms with Gasteiger partial charge in [-0.2, -0.15) is 13.2 Å². The van der Waals surface area contributed by atoms with Gasteiger partial charge in [-0.3, -0.25) is 19.9 Å². The average Bonchev–Trinajstić information content (AvgIpc) is 3.47. The molecule has 1 atom stereocenters. The quantitative estimate of drug-likeness (QED) is 0.302. The molecule has 204 valence electrons. The lowest BCUT2D eigenvalue weighted by Crippen LogP contribution is -2.50. The maximum absolute atomic E-state index is 13.9. The number of ether oxygens (including phenoxy) is 1. The second kappa shape index (κ2) is 12.0. The van der Waals surface area contributed by atoms with Gasteiger partial charge in [-0.15, -0.1) is 0 Å². The summed E-state index contributed by atoms with van der Waals surface area (Å²) in [6.45, 7) is 1.01. The van der Waals surface area contributed by atoms with Gasteiger partial charge >= 0.3 is 12.1 Å². The van der Waals surface area contributed by atoms with E-state index in [1.165, 1.54) is 30.3 Å². The zero-order valence-electron chi connectivity index (χ0n) is 21.2. The van der Waals surface area contributed by atoms with Gasteiger partial charge in [0.15, 0.2) is 0 Å². The predicted molar refractivity (Wildman–Crippen MR) is 142 cm³/mol. The minimum Gasteiger partial charge on any atom is -0.491 e. The summed E-state index contributed by atoms with van der Waals surface area (Å²) < 4.78 is 47.5. The molecule has 0 aromatic heterocycles. The van der Waals surface area contributed by atoms with Gasteiger partial charge in [0.2, 0.25) is 0 Å². The highest BCUT2D eigenvalue weighted by atomic mass is 19.4. The van der Waals surface area contributed by atoms with Crippen LogP contribution in [-0.2, 0) is 11.2 Å². The van der Waals surface area contributed by atoms with Crippen molar-refractivity contribution in [1.29, 1.82) is 5.41 Å². The fourth-order valence-electron chi connectivity index (χ4n) is 4.55. The van der Waals surface area contributed by atoms with E-state index in [9.17, 15) is 22.8 Å². The summed E-state index contributed by atoms with van der Waals surface area (Å²) >= 11 is 0. The topological polar surface area (TPSA) is 99.7 Å². The molecule has 39 heavy (non-hydrogen) atoms. The number of nitrogens with one attached hydrogen (secondary N) is 1. The van der Waals surface area contributed by atoms with Crippen LogP contribution in [0.1, 0.15) is 34.3 Å². The minimum absolute atomic E-state index is 0.00249. The van der Waals surface area contributed by atoms with Crippen molar-refractivity contribution in [1.82, 2.24) is 4.90 Å². The van der Waals surface area contributed by atoms with Crippen molar-refractivity contribution < 1.29 is 27.5 Å². The predicted octanol–water partition coefficient (Wildman–Crippen LogP) is 4.79. The van der Waals surface area contributed by atoms with Gasteiger partial charge in [-0.25, -0.2) is 0 Å². The van der Waals surface area contributed by atoms with Gasteiger partial charge in [-0.05, 0) is 61.2 Å². The zero-order chi connectivity index (χ0) is 28.0. The molecule has 1 heterocycles. The largest absolute Gasteiger partial charge is 0.491 e. The number of carbonyl (C=O) groups excluding carboxylic acids is 2. The summed E-state index contributed by atoms with van der Waals surface area (Å²) in [6.07, 6.45) is -3.25. The molecule has 0 spiro atoms. The van der Waals surface area contributed by atoms with E-state index in [0.717, 1.165) is 12.8 Å². The lowest BCUT2D eigenvalue weighted by molar-refractivity contribution is -0.171. The number of benzene rings is 3. The molecule has 1 saturated heterocycles. The second-order valence-electron chi connectivity index (χ2n) is 9.32. The monoisotopic (exact) mass is 538 g/mol. The third kappa shape index (κ3) is 6.95. The van der Waals surface area contributed by atoms with E-state index in [2.05, 4.69) is 0 Å². The Hall–Kier alpha value is -4.34. The van der Waals surface area contributed by atoms with Crippen LogP contribution >= 0.6 is 0 Å². The molecule has 0 bridgehead atoms. The smallest absolute Gasteiger partial charge is 0.471 e. The normalized spacial score (nSPS) is 14.1. The first kappa shape index (κ1) is 27.7. The van der Waals surface area contributed by atoms with Crippen molar-refractivity contribution in [3.8, 4) is 5.75 Å². The first-order valence-electron chi connectivity index (χ1n) is 12.5. The van der Waals surface area contributed by atoms with Gasteiger partial charge in [0.1, 0.15) is 18.2 Å². The van der Waals surface area contributed by atoms with Crippen LogP contribution in [-0.4, -0.2) is 54.5 Å². The number of likely N-dealkylation sites (tertiary alicyclic amines) is 1. The molecule has 0 aliphatic carbocycles. The Bertz CT molecular complexity index is 1310. The van der Waals surface area contributed by atoms with E-state index in [1.54, 1.807) is 53.4 Å². The van der Waals surface area contributed by atoms with Crippen LogP contribution in [0.4, 0.5) is 18.9 Å². The number of halogens is 3. The molecule has 1 fully saturated rings. The van der Waals surface area contributed by atoms with E-state index in [1.807, 2.05) is 0 Å². The summed E-state index contributed by atoms with van der Waals surface area (Å²) in [7, 11) is 0. The van der Waals surface area contributed by atoms with Gasteiger partial charge < -0.3 is 15.4 Å². The Morgan fingerprint density at radius 2 is 1.62 bits per heavy atom. The van der Waals surface area contributed by atoms with Crippen LogP contribution < -0.4 is 15.4 Å². The lowest BCUT2D eigenvalue weighted by atomic mass is 10.0. The maximum Gasteiger partial charge on any atom is 0.471 e. The highest BCUT2D eigenvalue weighted by Crippen LogP contribution is 2.29. The number of nitrogens with two attached hydrogens (primary N) is 1. The Kier molecular flexibility index (Phi) is 8.53. The zero-order valence-corrected chi connectivity index (χ0v) is 21.2. The van der Waals surface area contributed by atoms with Crippen molar-refractivity contribution in [2.75, 3.05) is 24.6 Å². The van der Waals surface area contributed by atoms with Crippen LogP contribution in [0.2, 0.25) is 0 Å². The van der Waals surface area contributed by atoms with Crippen LogP contribution in [0.15, 0.2) is 78.9 Å². The first-order chi connectivity index (χ1) is 18.6. The summed E-state index contributed by atoms with van der Waals surface area (Å²) in [4.78, 5) is 27.9. The number of hydrogen-bond donors (Lipinski definition) is 2. The number of amides is 2. The molecule has 1 aliphatic heterocycles. The molecule has 3 N–H and O–H groups in total. The first-order valence-corrected chi connectivity index (χ1v) is 12.5. The van der Waals surface area contributed by atoms with Gasteiger partial charge in [-0.1, -0.05) is 42.5 Å². The van der Waals surface area contributed by atoms with Crippen LogP contribution in [0.5, 0.6) is 5.75 Å². The molecule has 0 radical (unpaired) electrons. The number of nitrogens with zero attached hydrogens (tertiary/aromatic N) is 2. The van der Waals surface area contributed by atoms with Crippen LogP contribution in [0.3, 0.4) is 0 Å². The number of hydrogen-bond acceptors (Lipinski definition) is 4. The van der Waals surface area contributed by atoms with Crippen molar-refractivity contribution in [3.05, 3.63) is 95.6 Å². The summed E-state index contributed by atoms with van der Waals surface area (Å²) in [6, 6.07) is 19.7. The number of nitrogen functional groups attached to an aromatic ring is 1. The number of rotatable bonds is 9. The van der Waals surface area contributed by atoms with E-state index >= 15 is 0 Å². The fourth-order valence-corrected chi connectivity index (χ4v) is 4.55. The van der Waals surface area contributed by atoms with Crippen LogP contribution in [0.25, 0.3) is 0 Å². The van der Waals surface area contributed by atoms with E-state index in [0.29, 0.717) is 40.4 Å². The van der Waals surface area contributed by atoms with Crippen molar-refractivity contribution in [2.45, 2.75) is 31.5 Å². The Labute approximate surface area is 224 Å². The SMILES string of the molecule is N=C(N)c1cccc(OC[C@@H](Cc2ccccc2)N(C(=O)C(F)(F)F)c2ccc(C(=O)N3CCCC3)cc2)c1. The summed E-state index contributed by atoms with van der Waals surface area (Å²) in [5.74, 6) is -2.11. The second-order valence-corrected chi connectivity index (χ2v) is 9.32. The van der Waals surface area contributed by atoms with E-state index < -0.39 is 18.1 Å². The lowest BCUT2D eigenvalue weighted by Gasteiger charge is -2.33. The van der Waals surface area contributed by atoms with E-state index in [4.69, 9.17) is 15.9 Å². The molecule has 2 amide bonds. The van der Waals surface area contributed by atoms with Gasteiger partial charge in [0, 0.05) is 29.9 Å². The van der Waals surface area contributed by atoms with Gasteiger partial charge in [0.05, 0.1) is 6.04 Å². The summed E-state index contributed by atoms with van der Waals surface area (Å²) in [5, 5.41) is 7.62. The Balaban J connectivity index is 1.67. The standard InChI is InChI=1S/C29H29F3N4O3/c30-29(31,32)28(38)36(23-13-11-21(12-14-23)27(37)35-15-4-5-16-35)24(17-20-7-2-1-3-8-20)19-39-25-10-6-9-22(18-25)26(33)34/h1-3,6-14,18,24H,4-5,15-17,19H2,(H3,33,34)/t24-/m1/s1. The molecule has 10 heteroatoms. The van der Waals surface area contributed by atoms with Gasteiger partial charge in [0.25, 0.3) is 5.91 Å². The number of carbonyl (C=O) groups is 2.